The van der Waals surface area contributed by atoms with Crippen molar-refractivity contribution < 1.29 is 13.9 Å². The average Bonchev–Trinajstić information content (AvgIpc) is 2.54. The predicted molar refractivity (Wildman–Crippen MR) is 68.3 cm³/mol. The molecular weight excluding hydrogens is 235 g/mol. The van der Waals surface area contributed by atoms with Crippen LogP contribution < -0.4 is 4.89 Å². The fourth-order valence-corrected chi connectivity index (χ4v) is 4.63. The Morgan fingerprint density at radius 2 is 1.76 bits per heavy atom. The first-order chi connectivity index (χ1) is 7.65. The second-order valence-corrected chi connectivity index (χ2v) is 7.53. The third kappa shape index (κ3) is 2.34. The maximum absolute atomic E-state index is 12.6. The maximum Gasteiger partial charge on any atom is 0.266 e. The summed E-state index contributed by atoms with van der Waals surface area (Å²) >= 11 is 0. The molecule has 0 atom stereocenters. The Morgan fingerprint density at radius 3 is 2.18 bits per heavy atom. The second kappa shape index (κ2) is 3.89. The molecule has 0 amide bonds. The molecule has 0 aromatic carbocycles. The minimum Gasteiger partial charge on any atom is -0.627 e. The lowest BCUT2D eigenvalue weighted by Crippen LogP contribution is -2.41. The van der Waals surface area contributed by atoms with Crippen LogP contribution in [-0.4, -0.2) is 11.2 Å². The molecule has 1 fully saturated rings. The molecule has 0 aromatic heterocycles. The fraction of sp³-hybridized carbons (Fsp3) is 0.692. The number of rotatable bonds is 1. The third-order valence-corrected chi connectivity index (χ3v) is 5.90. The van der Waals surface area contributed by atoms with Crippen LogP contribution in [0, 0.1) is 0 Å². The van der Waals surface area contributed by atoms with Gasteiger partial charge in [-0.05, 0) is 58.6 Å². The standard InChI is InChI=1S/C13H21O3P/c1-10-7-6-8-11(10)9-17(14)15-12(2,3)13(4,5)16-17/h7,9H,6,8H2,1-5H3/b11-9+. The number of hydrogen-bond acceptors (Lipinski definition) is 3. The molecule has 1 heterocycles. The first-order valence-corrected chi connectivity index (χ1v) is 7.67. The first-order valence-electron chi connectivity index (χ1n) is 6.05. The van der Waals surface area contributed by atoms with Crippen LogP contribution in [0.3, 0.4) is 0 Å². The highest BCUT2D eigenvalue weighted by atomic mass is 31.2. The molecule has 0 N–H and O–H groups in total. The normalized spacial score (nSPS) is 31.9. The van der Waals surface area contributed by atoms with Gasteiger partial charge >= 0.3 is 0 Å². The van der Waals surface area contributed by atoms with E-state index in [2.05, 4.69) is 6.08 Å². The minimum atomic E-state index is -3.10. The Kier molecular flexibility index (Phi) is 3.03. The highest BCUT2D eigenvalue weighted by Gasteiger charge is 2.59. The van der Waals surface area contributed by atoms with E-state index in [-0.39, 0.29) is 0 Å². The molecule has 2 aliphatic rings. The van der Waals surface area contributed by atoms with Crippen LogP contribution in [0.5, 0.6) is 0 Å². The molecule has 1 aliphatic carbocycles. The summed E-state index contributed by atoms with van der Waals surface area (Å²) in [6, 6.07) is 0. The zero-order chi connectivity index (χ0) is 12.9. The van der Waals surface area contributed by atoms with Gasteiger partial charge in [0, 0.05) is 0 Å². The number of allylic oxidation sites excluding steroid dienone is 3. The SMILES string of the molecule is CC1=CCC/C1=C\[P+]1([O-])OC(C)(C)C(C)(C)O1. The van der Waals surface area contributed by atoms with E-state index in [1.807, 2.05) is 34.6 Å². The van der Waals surface area contributed by atoms with Gasteiger partial charge in [0.05, 0.1) is 0 Å². The van der Waals surface area contributed by atoms with E-state index in [0.29, 0.717) is 0 Å². The summed E-state index contributed by atoms with van der Waals surface area (Å²) in [6.45, 7) is 9.72. The molecule has 17 heavy (non-hydrogen) atoms. The quantitative estimate of drug-likeness (QED) is 0.676. The van der Waals surface area contributed by atoms with Gasteiger partial charge in [0.1, 0.15) is 17.0 Å². The van der Waals surface area contributed by atoms with E-state index in [1.165, 1.54) is 5.57 Å². The molecule has 1 aliphatic heterocycles. The van der Waals surface area contributed by atoms with Crippen molar-refractivity contribution in [3.05, 3.63) is 23.0 Å². The second-order valence-electron chi connectivity index (χ2n) is 5.82. The van der Waals surface area contributed by atoms with Crippen LogP contribution in [0.1, 0.15) is 47.5 Å². The van der Waals surface area contributed by atoms with Gasteiger partial charge < -0.3 is 4.89 Å². The average molecular weight is 256 g/mol. The Labute approximate surface area is 104 Å². The zero-order valence-electron chi connectivity index (χ0n) is 11.2. The molecular formula is C13H21O3P. The van der Waals surface area contributed by atoms with E-state index in [9.17, 15) is 4.89 Å². The van der Waals surface area contributed by atoms with Gasteiger partial charge in [-0.1, -0.05) is 6.08 Å². The van der Waals surface area contributed by atoms with E-state index < -0.39 is 19.1 Å². The molecule has 1 saturated heterocycles. The van der Waals surface area contributed by atoms with Gasteiger partial charge in [-0.25, -0.2) is 0 Å². The van der Waals surface area contributed by atoms with Gasteiger partial charge in [0.2, 0.25) is 0 Å². The number of hydrogen-bond donors (Lipinski definition) is 0. The summed E-state index contributed by atoms with van der Waals surface area (Å²) in [5, 5.41) is 0. The molecule has 4 heteroatoms. The third-order valence-electron chi connectivity index (χ3n) is 3.85. The minimum absolute atomic E-state index is 0.532. The van der Waals surface area contributed by atoms with Crippen LogP contribution in [0.15, 0.2) is 23.0 Å². The van der Waals surface area contributed by atoms with E-state index >= 15 is 0 Å². The summed E-state index contributed by atoms with van der Waals surface area (Å²) in [4.78, 5) is 12.6. The van der Waals surface area contributed by atoms with E-state index in [4.69, 9.17) is 9.05 Å². The van der Waals surface area contributed by atoms with Gasteiger partial charge in [0.25, 0.3) is 7.94 Å². The molecule has 96 valence electrons. The van der Waals surface area contributed by atoms with Crippen molar-refractivity contribution in [2.45, 2.75) is 58.7 Å². The first kappa shape index (κ1) is 13.2. The highest BCUT2D eigenvalue weighted by molar-refractivity contribution is 7.62. The van der Waals surface area contributed by atoms with Crippen LogP contribution in [0.4, 0.5) is 0 Å². The van der Waals surface area contributed by atoms with Crippen LogP contribution >= 0.6 is 7.94 Å². The molecule has 0 radical (unpaired) electrons. The molecule has 0 unspecified atom stereocenters. The van der Waals surface area contributed by atoms with Crippen LogP contribution in [0.25, 0.3) is 0 Å². The summed E-state index contributed by atoms with van der Waals surface area (Å²) in [5.41, 5.74) is 1.22. The summed E-state index contributed by atoms with van der Waals surface area (Å²) in [5.74, 6) is 1.71. The lowest BCUT2D eigenvalue weighted by atomic mass is 9.90. The Balaban J connectivity index is 2.26. The van der Waals surface area contributed by atoms with Gasteiger partial charge in [-0.3, -0.25) is 0 Å². The Morgan fingerprint density at radius 1 is 1.24 bits per heavy atom. The zero-order valence-corrected chi connectivity index (χ0v) is 12.1. The smallest absolute Gasteiger partial charge is 0.266 e. The van der Waals surface area contributed by atoms with Crippen molar-refractivity contribution in [2.24, 2.45) is 0 Å². The molecule has 2 rings (SSSR count). The molecule has 0 spiro atoms. The maximum atomic E-state index is 12.6. The van der Waals surface area contributed by atoms with Gasteiger partial charge in [-0.2, -0.15) is 9.05 Å². The summed E-state index contributed by atoms with van der Waals surface area (Å²) in [7, 11) is -3.10. The van der Waals surface area contributed by atoms with Crippen molar-refractivity contribution in [3.63, 3.8) is 0 Å². The largest absolute Gasteiger partial charge is 0.627 e. The van der Waals surface area contributed by atoms with Crippen molar-refractivity contribution in [3.8, 4) is 0 Å². The van der Waals surface area contributed by atoms with Crippen molar-refractivity contribution >= 4 is 7.94 Å². The Bertz CT molecular complexity index is 377. The van der Waals surface area contributed by atoms with Gasteiger partial charge in [0.15, 0.2) is 0 Å². The summed E-state index contributed by atoms with van der Waals surface area (Å²) in [6.07, 6.45) is 4.11. The Hall–Kier alpha value is -0.210. The van der Waals surface area contributed by atoms with Crippen LogP contribution in [-0.2, 0) is 9.05 Å². The van der Waals surface area contributed by atoms with Gasteiger partial charge in [-0.15, -0.1) is 0 Å². The predicted octanol–water partition coefficient (Wildman–Crippen LogP) is 3.34. The van der Waals surface area contributed by atoms with E-state index in [1.54, 1.807) is 5.82 Å². The monoisotopic (exact) mass is 256 g/mol. The van der Waals surface area contributed by atoms with E-state index in [0.717, 1.165) is 18.4 Å². The van der Waals surface area contributed by atoms with Crippen molar-refractivity contribution in [1.29, 1.82) is 0 Å². The molecule has 0 saturated carbocycles. The van der Waals surface area contributed by atoms with Crippen molar-refractivity contribution in [1.82, 2.24) is 0 Å². The lowest BCUT2D eigenvalue weighted by molar-refractivity contribution is -0.207. The van der Waals surface area contributed by atoms with Crippen molar-refractivity contribution in [2.75, 3.05) is 0 Å². The van der Waals surface area contributed by atoms with Crippen LogP contribution in [0.2, 0.25) is 0 Å². The molecule has 3 nitrogen and oxygen atoms in total. The molecule has 0 aromatic rings. The topological polar surface area (TPSA) is 41.5 Å². The highest BCUT2D eigenvalue weighted by Crippen LogP contribution is 2.68. The molecule has 0 bridgehead atoms. The fourth-order valence-electron chi connectivity index (χ4n) is 2.06. The lowest BCUT2D eigenvalue weighted by Gasteiger charge is -2.25. The summed E-state index contributed by atoms with van der Waals surface area (Å²) < 4.78 is 11.4.